The summed E-state index contributed by atoms with van der Waals surface area (Å²) in [5, 5.41) is 0.377. The Morgan fingerprint density at radius 1 is 1.00 bits per heavy atom. The number of benzene rings is 1. The molecule has 1 aromatic carbocycles. The van der Waals surface area contributed by atoms with E-state index in [-0.39, 0.29) is 12.1 Å². The summed E-state index contributed by atoms with van der Waals surface area (Å²) in [6.45, 7) is 3.10. The van der Waals surface area contributed by atoms with E-state index in [0.717, 1.165) is 0 Å². The molecule has 0 unspecified atom stereocenters. The molecule has 2 N–H and O–H groups in total. The van der Waals surface area contributed by atoms with Crippen LogP contribution in [0.1, 0.15) is 27.7 Å². The van der Waals surface area contributed by atoms with Crippen molar-refractivity contribution in [3.05, 3.63) is 30.3 Å². The van der Waals surface area contributed by atoms with Gasteiger partial charge in [-0.1, -0.05) is 0 Å². The van der Waals surface area contributed by atoms with E-state index in [1.54, 1.807) is 28.9 Å². The third kappa shape index (κ3) is 2.98. The van der Waals surface area contributed by atoms with Crippen LogP contribution < -0.4 is 5.30 Å². The summed E-state index contributed by atoms with van der Waals surface area (Å²) in [6.07, 6.45) is 0. The molecule has 98 valence electrons. The molecule has 17 heavy (non-hydrogen) atoms. The predicted molar refractivity (Wildman–Crippen MR) is 75.4 cm³/mol. The van der Waals surface area contributed by atoms with Crippen molar-refractivity contribution in [3.8, 4) is 0 Å². The number of hydrogen-bond donors (Lipinski definition) is 2. The van der Waals surface area contributed by atoms with Crippen molar-refractivity contribution in [1.29, 1.82) is 0 Å². The zero-order chi connectivity index (χ0) is 13.3. The zero-order valence-corrected chi connectivity index (χ0v) is 12.4. The van der Waals surface area contributed by atoms with Crippen molar-refractivity contribution >= 4 is 23.1 Å². The van der Waals surface area contributed by atoms with Crippen LogP contribution in [0.2, 0.25) is 0 Å². The second-order valence-electron chi connectivity index (χ2n) is 4.78. The van der Waals surface area contributed by atoms with E-state index in [2.05, 4.69) is 0 Å². The predicted octanol–water partition coefficient (Wildman–Crippen LogP) is 2.87. The fraction of sp³-hybridized carbons (Fsp3) is 0.500. The van der Waals surface area contributed by atoms with Crippen LogP contribution in [0.25, 0.3) is 0 Å². The Labute approximate surface area is 108 Å². The van der Waals surface area contributed by atoms with Crippen LogP contribution in [-0.2, 0) is 0 Å². The topological polar surface area (TPSA) is 43.7 Å². The summed E-state index contributed by atoms with van der Waals surface area (Å²) in [7, 11) is 0. The fourth-order valence-corrected chi connectivity index (χ4v) is 6.21. The van der Waals surface area contributed by atoms with E-state index in [0.29, 0.717) is 5.30 Å². The van der Waals surface area contributed by atoms with Crippen LogP contribution in [0, 0.1) is 0 Å². The molecule has 0 saturated carbocycles. The van der Waals surface area contributed by atoms with E-state index in [9.17, 15) is 9.79 Å². The molecule has 0 heterocycles. The van der Waals surface area contributed by atoms with Gasteiger partial charge >= 0.3 is 108 Å². The van der Waals surface area contributed by atoms with Crippen molar-refractivity contribution in [2.45, 2.75) is 39.8 Å². The molecule has 0 fully saturated rings. The van der Waals surface area contributed by atoms with E-state index < -0.39 is 6.56 Å². The van der Waals surface area contributed by atoms with Gasteiger partial charge in [0.25, 0.3) is 0 Å². The molecule has 1 rings (SSSR count). The molecule has 0 aliphatic heterocycles. The fourth-order valence-electron chi connectivity index (χ4n) is 2.23. The van der Waals surface area contributed by atoms with Gasteiger partial charge in [0.05, 0.1) is 0 Å². The maximum absolute atomic E-state index is 10.6. The molecular formula is C12H21ClNO2P. The van der Waals surface area contributed by atoms with Crippen molar-refractivity contribution in [1.82, 2.24) is 4.67 Å². The monoisotopic (exact) mass is 277 g/mol. The van der Waals surface area contributed by atoms with Crippen LogP contribution in [0.4, 0.5) is 0 Å². The average Bonchev–Trinajstić information content (AvgIpc) is 2.16. The Bertz CT molecular complexity index is 365. The van der Waals surface area contributed by atoms with Gasteiger partial charge in [-0.25, -0.2) is 0 Å². The summed E-state index contributed by atoms with van der Waals surface area (Å²) in [5.41, 5.74) is 0. The van der Waals surface area contributed by atoms with E-state index in [1.165, 1.54) is 0 Å². The standard InChI is InChI=1S/C12H21ClNO2P/c1-10(2)14(11(3)4)17(13,15,16)12-8-6-5-7-9-12/h5-11,15-16H,1-4H3. The Balaban J connectivity index is 3.31. The number of nitrogens with zero attached hydrogens (tertiary/aromatic N) is 1. The minimum absolute atomic E-state index is 0.0552. The van der Waals surface area contributed by atoms with Gasteiger partial charge in [0, 0.05) is 0 Å². The number of halogens is 1. The molecule has 0 aromatic heterocycles. The van der Waals surface area contributed by atoms with Crippen LogP contribution >= 0.6 is 17.8 Å². The first-order valence-electron chi connectivity index (χ1n) is 5.73. The van der Waals surface area contributed by atoms with Gasteiger partial charge in [-0.05, 0) is 0 Å². The van der Waals surface area contributed by atoms with E-state index >= 15 is 0 Å². The zero-order valence-electron chi connectivity index (χ0n) is 10.7. The van der Waals surface area contributed by atoms with Crippen LogP contribution in [0.15, 0.2) is 30.3 Å². The maximum atomic E-state index is 10.6. The molecule has 0 aliphatic rings. The molecule has 5 heteroatoms. The van der Waals surface area contributed by atoms with Crippen molar-refractivity contribution in [3.63, 3.8) is 0 Å². The van der Waals surface area contributed by atoms with Gasteiger partial charge < -0.3 is 0 Å². The molecule has 1 aromatic rings. The second kappa shape index (κ2) is 4.83. The number of rotatable bonds is 4. The second-order valence-corrected chi connectivity index (χ2v) is 9.39. The van der Waals surface area contributed by atoms with Crippen molar-refractivity contribution in [2.75, 3.05) is 0 Å². The molecule has 0 amide bonds. The molecule has 0 bridgehead atoms. The Kier molecular flexibility index (Phi) is 4.23. The van der Waals surface area contributed by atoms with Crippen LogP contribution in [0.5, 0.6) is 0 Å². The first-order valence-corrected chi connectivity index (χ1v) is 8.73. The van der Waals surface area contributed by atoms with Crippen molar-refractivity contribution < 1.29 is 9.79 Å². The van der Waals surface area contributed by atoms with Crippen LogP contribution in [0.3, 0.4) is 0 Å². The molecule has 0 atom stereocenters. The van der Waals surface area contributed by atoms with E-state index in [1.807, 2.05) is 33.8 Å². The Morgan fingerprint density at radius 3 is 1.76 bits per heavy atom. The molecule has 3 nitrogen and oxygen atoms in total. The average molecular weight is 278 g/mol. The van der Waals surface area contributed by atoms with E-state index in [4.69, 9.17) is 11.2 Å². The van der Waals surface area contributed by atoms with Gasteiger partial charge in [0.1, 0.15) is 0 Å². The Hall–Kier alpha value is -0.180. The third-order valence-electron chi connectivity index (χ3n) is 2.67. The summed E-state index contributed by atoms with van der Waals surface area (Å²) < 4.78 is 1.59. The van der Waals surface area contributed by atoms with Crippen LogP contribution in [-0.4, -0.2) is 26.5 Å². The van der Waals surface area contributed by atoms with Gasteiger partial charge in [0.15, 0.2) is 0 Å². The summed E-state index contributed by atoms with van der Waals surface area (Å²) in [5.74, 6) is 0. The Morgan fingerprint density at radius 2 is 1.41 bits per heavy atom. The van der Waals surface area contributed by atoms with Gasteiger partial charge in [-0.15, -0.1) is 0 Å². The SMILES string of the molecule is CC(C)N(C(C)C)P(O)(O)(Cl)c1ccccc1. The minimum atomic E-state index is -4.51. The summed E-state index contributed by atoms with van der Waals surface area (Å²) in [4.78, 5) is 21.3. The molecule has 0 spiro atoms. The normalized spacial score (nSPS) is 15.3. The number of hydrogen-bond acceptors (Lipinski definition) is 3. The first kappa shape index (κ1) is 14.9. The summed E-state index contributed by atoms with van der Waals surface area (Å²) in [6, 6.07) is 8.53. The third-order valence-corrected chi connectivity index (χ3v) is 6.71. The molecular weight excluding hydrogens is 257 g/mol. The van der Waals surface area contributed by atoms with Gasteiger partial charge in [-0.2, -0.15) is 0 Å². The first-order chi connectivity index (χ1) is 7.65. The van der Waals surface area contributed by atoms with Gasteiger partial charge in [0.2, 0.25) is 0 Å². The molecule has 0 radical (unpaired) electrons. The van der Waals surface area contributed by atoms with Gasteiger partial charge in [-0.3, -0.25) is 0 Å². The molecule has 0 aliphatic carbocycles. The summed E-state index contributed by atoms with van der Waals surface area (Å²) >= 11 is 6.24. The van der Waals surface area contributed by atoms with Crippen molar-refractivity contribution in [2.24, 2.45) is 0 Å². The quantitative estimate of drug-likeness (QED) is 0.832. The molecule has 0 saturated heterocycles.